The summed E-state index contributed by atoms with van der Waals surface area (Å²) >= 11 is 0. The number of nitrogens with one attached hydrogen (secondary N) is 1. The molecule has 0 radical (unpaired) electrons. The van der Waals surface area contributed by atoms with E-state index in [9.17, 15) is 9.50 Å². The Hall–Kier alpha value is -2.57. The summed E-state index contributed by atoms with van der Waals surface area (Å²) in [7, 11) is 0. The van der Waals surface area contributed by atoms with Crippen molar-refractivity contribution in [1.82, 2.24) is 15.3 Å². The lowest BCUT2D eigenvalue weighted by atomic mass is 9.86. The van der Waals surface area contributed by atoms with Crippen molar-refractivity contribution in [2.75, 3.05) is 6.54 Å². The quantitative estimate of drug-likeness (QED) is 0.741. The highest BCUT2D eigenvalue weighted by Gasteiger charge is 2.42. The van der Waals surface area contributed by atoms with Gasteiger partial charge in [-0.25, -0.2) is 4.39 Å². The molecule has 2 heterocycles. The molecule has 0 saturated heterocycles. The van der Waals surface area contributed by atoms with Crippen molar-refractivity contribution in [1.29, 1.82) is 0 Å². The van der Waals surface area contributed by atoms with Crippen LogP contribution in [0.2, 0.25) is 0 Å². The highest BCUT2D eigenvalue weighted by Crippen LogP contribution is 2.41. The molecule has 2 atom stereocenters. The Bertz CT molecular complexity index is 959. The molecule has 2 unspecified atom stereocenters. The van der Waals surface area contributed by atoms with Gasteiger partial charge in [-0.3, -0.25) is 9.97 Å². The number of nitrogens with zero attached hydrogens (tertiary/aromatic N) is 2. The third-order valence-electron chi connectivity index (χ3n) is 5.03. The van der Waals surface area contributed by atoms with Gasteiger partial charge in [0, 0.05) is 24.0 Å². The van der Waals surface area contributed by atoms with Crippen LogP contribution >= 0.6 is 0 Å². The zero-order chi connectivity index (χ0) is 19.0. The Labute approximate surface area is 157 Å². The van der Waals surface area contributed by atoms with Gasteiger partial charge in [-0.15, -0.1) is 0 Å². The maximum atomic E-state index is 13.1. The lowest BCUT2D eigenvalue weighted by Crippen LogP contribution is -2.52. The number of hydrogen-bond donors (Lipinski definition) is 2. The second-order valence-electron chi connectivity index (χ2n) is 7.39. The van der Waals surface area contributed by atoms with Crippen LogP contribution < -0.4 is 10.1 Å². The number of aliphatic hydroxyl groups excluding tert-OH is 1. The van der Waals surface area contributed by atoms with Gasteiger partial charge in [0.15, 0.2) is 0 Å². The lowest BCUT2D eigenvalue weighted by Gasteiger charge is -2.42. The van der Waals surface area contributed by atoms with Gasteiger partial charge in [-0.05, 0) is 50.6 Å². The topological polar surface area (TPSA) is 67.3 Å². The molecule has 27 heavy (non-hydrogen) atoms. The zero-order valence-corrected chi connectivity index (χ0v) is 15.3. The van der Waals surface area contributed by atoms with Crippen molar-refractivity contribution in [2.24, 2.45) is 0 Å². The Morgan fingerprint density at radius 1 is 1.11 bits per heavy atom. The van der Waals surface area contributed by atoms with Crippen LogP contribution in [-0.4, -0.2) is 33.3 Å². The van der Waals surface area contributed by atoms with Crippen LogP contribution in [-0.2, 0) is 6.42 Å². The van der Waals surface area contributed by atoms with Crippen LogP contribution in [0.3, 0.4) is 0 Å². The highest BCUT2D eigenvalue weighted by atomic mass is 19.1. The summed E-state index contributed by atoms with van der Waals surface area (Å²) in [5.41, 5.74) is 2.69. The number of aliphatic hydroxyl groups is 1. The molecule has 0 spiro atoms. The van der Waals surface area contributed by atoms with Gasteiger partial charge in [0.2, 0.25) is 0 Å². The minimum Gasteiger partial charge on any atom is -0.485 e. The van der Waals surface area contributed by atoms with E-state index < -0.39 is 11.7 Å². The Morgan fingerprint density at radius 2 is 1.78 bits per heavy atom. The average Bonchev–Trinajstić information content (AvgIpc) is 2.65. The first-order chi connectivity index (χ1) is 12.9. The number of halogens is 1. The van der Waals surface area contributed by atoms with Crippen molar-refractivity contribution in [3.63, 3.8) is 0 Å². The molecule has 4 rings (SSSR count). The molecule has 0 bridgehead atoms. The molecule has 0 fully saturated rings. The Morgan fingerprint density at radius 3 is 2.48 bits per heavy atom. The minimum absolute atomic E-state index is 0.241. The smallest absolute Gasteiger partial charge is 0.131 e. The van der Waals surface area contributed by atoms with Crippen LogP contribution in [0.1, 0.15) is 31.0 Å². The van der Waals surface area contributed by atoms with E-state index in [1.54, 1.807) is 24.5 Å². The molecule has 1 aliphatic heterocycles. The van der Waals surface area contributed by atoms with E-state index in [-0.39, 0.29) is 11.9 Å². The van der Waals surface area contributed by atoms with Gasteiger partial charge in [-0.1, -0.05) is 12.1 Å². The van der Waals surface area contributed by atoms with Crippen molar-refractivity contribution < 1.29 is 14.2 Å². The largest absolute Gasteiger partial charge is 0.485 e. The van der Waals surface area contributed by atoms with Crippen LogP contribution in [0.15, 0.2) is 48.8 Å². The third-order valence-corrected chi connectivity index (χ3v) is 5.03. The maximum absolute atomic E-state index is 13.1. The fourth-order valence-corrected chi connectivity index (χ4v) is 3.50. The summed E-state index contributed by atoms with van der Waals surface area (Å²) in [5, 5.41) is 14.3. The number of ether oxygens (including phenoxy) is 1. The van der Waals surface area contributed by atoms with Gasteiger partial charge >= 0.3 is 0 Å². The number of fused-ring (bicyclic) bond motifs is 2. The van der Waals surface area contributed by atoms with E-state index >= 15 is 0 Å². The minimum atomic E-state index is -0.740. The maximum Gasteiger partial charge on any atom is 0.131 e. The second-order valence-corrected chi connectivity index (χ2v) is 7.39. The van der Waals surface area contributed by atoms with Gasteiger partial charge in [0.25, 0.3) is 0 Å². The molecule has 2 N–H and O–H groups in total. The van der Waals surface area contributed by atoms with E-state index in [0.29, 0.717) is 12.3 Å². The molecule has 0 saturated carbocycles. The fraction of sp³-hybridized carbons (Fsp3) is 0.333. The summed E-state index contributed by atoms with van der Waals surface area (Å²) in [5.74, 6) is 0.466. The Balaban J connectivity index is 1.60. The Kier molecular flexibility index (Phi) is 4.53. The van der Waals surface area contributed by atoms with Gasteiger partial charge in [0.05, 0.1) is 17.1 Å². The number of aromatic nitrogens is 2. The molecule has 6 heteroatoms. The number of rotatable bonds is 4. The summed E-state index contributed by atoms with van der Waals surface area (Å²) in [6, 6.07) is 9.97. The third kappa shape index (κ3) is 3.50. The molecule has 0 aliphatic carbocycles. The van der Waals surface area contributed by atoms with E-state index in [2.05, 4.69) is 15.3 Å². The summed E-state index contributed by atoms with van der Waals surface area (Å²) in [6.45, 7) is 4.38. The first-order valence-electron chi connectivity index (χ1n) is 9.03. The monoisotopic (exact) mass is 367 g/mol. The van der Waals surface area contributed by atoms with E-state index in [0.717, 1.165) is 28.6 Å². The first-order valence-corrected chi connectivity index (χ1v) is 9.03. The molecule has 140 valence electrons. The number of benzene rings is 2. The molecule has 1 aliphatic rings. The van der Waals surface area contributed by atoms with Crippen molar-refractivity contribution in [2.45, 2.75) is 38.0 Å². The molecular weight excluding hydrogens is 345 g/mol. The molecule has 5 nitrogen and oxygen atoms in total. The summed E-state index contributed by atoms with van der Waals surface area (Å²) in [4.78, 5) is 8.69. The average molecular weight is 367 g/mol. The van der Waals surface area contributed by atoms with Gasteiger partial charge in [-0.2, -0.15) is 0 Å². The number of hydrogen-bond acceptors (Lipinski definition) is 5. The predicted octanol–water partition coefficient (Wildman–Crippen LogP) is 3.17. The molecular formula is C21H22FN3O2. The van der Waals surface area contributed by atoms with Crippen molar-refractivity contribution in [3.05, 3.63) is 65.7 Å². The predicted molar refractivity (Wildman–Crippen MR) is 101 cm³/mol. The van der Waals surface area contributed by atoms with Crippen LogP contribution in [0.4, 0.5) is 4.39 Å². The summed E-state index contributed by atoms with van der Waals surface area (Å²) in [6.07, 6.45) is 3.30. The van der Waals surface area contributed by atoms with Crippen LogP contribution in [0.5, 0.6) is 5.75 Å². The highest BCUT2D eigenvalue weighted by molar-refractivity contribution is 5.77. The van der Waals surface area contributed by atoms with Crippen molar-refractivity contribution >= 4 is 11.0 Å². The fourth-order valence-electron chi connectivity index (χ4n) is 3.50. The van der Waals surface area contributed by atoms with E-state index in [4.69, 9.17) is 4.74 Å². The van der Waals surface area contributed by atoms with Gasteiger partial charge in [0.1, 0.15) is 23.3 Å². The molecule has 1 aromatic heterocycles. The van der Waals surface area contributed by atoms with Crippen LogP contribution in [0, 0.1) is 5.82 Å². The van der Waals surface area contributed by atoms with Crippen molar-refractivity contribution in [3.8, 4) is 5.75 Å². The molecule has 0 amide bonds. The zero-order valence-electron chi connectivity index (χ0n) is 15.3. The summed E-state index contributed by atoms with van der Waals surface area (Å²) < 4.78 is 19.1. The standard InChI is InChI=1S/C21H22FN3O2/c1-21(2)20(26)19(25-8-7-13-3-5-14(22)6-4-13)15-11-16-17(12-18(15)27-21)24-10-9-23-16/h3-6,9-12,19-20,25-26H,7-8H2,1-2H3. The molecule has 3 aromatic rings. The lowest BCUT2D eigenvalue weighted by molar-refractivity contribution is -0.0642. The van der Waals surface area contributed by atoms with Crippen LogP contribution in [0.25, 0.3) is 11.0 Å². The van der Waals surface area contributed by atoms with Gasteiger partial charge < -0.3 is 15.2 Å². The second kappa shape index (κ2) is 6.87. The first kappa shape index (κ1) is 17.8. The van der Waals surface area contributed by atoms with E-state index in [1.165, 1.54) is 12.1 Å². The normalized spacial score (nSPS) is 20.9. The SMILES string of the molecule is CC1(C)Oc2cc3nccnc3cc2C(NCCc2ccc(F)cc2)C1O. The van der Waals surface area contributed by atoms with E-state index in [1.807, 2.05) is 26.0 Å². The molecule has 2 aromatic carbocycles.